The Hall–Kier alpha value is -2.60. The molecule has 0 atom stereocenters. The number of benzene rings is 1. The largest absolute Gasteiger partial charge is 0.497 e. The maximum Gasteiger partial charge on any atom is 0.278 e. The highest BCUT2D eigenvalue weighted by Crippen LogP contribution is 2.28. The van der Waals surface area contributed by atoms with E-state index in [1.54, 1.807) is 31.4 Å². The lowest BCUT2D eigenvalue weighted by molar-refractivity contribution is 0.102. The first kappa shape index (κ1) is 13.4. The van der Waals surface area contributed by atoms with E-state index in [4.69, 9.17) is 9.15 Å². The molecule has 0 aliphatic carbocycles. The lowest BCUT2D eigenvalue weighted by Crippen LogP contribution is -2.13. The molecular weight excluding hydrogens is 288 g/mol. The molecule has 0 aliphatic heterocycles. The van der Waals surface area contributed by atoms with E-state index in [1.807, 2.05) is 17.5 Å². The fraction of sp³-hybridized carbons (Fsp3) is 0.0667. The molecule has 2 aromatic heterocycles. The minimum absolute atomic E-state index is 0.272. The van der Waals surface area contributed by atoms with Gasteiger partial charge in [-0.15, -0.1) is 11.3 Å². The molecule has 0 bridgehead atoms. The molecule has 6 heteroatoms. The Morgan fingerprint density at radius 3 is 2.76 bits per heavy atom. The van der Waals surface area contributed by atoms with E-state index in [-0.39, 0.29) is 11.6 Å². The van der Waals surface area contributed by atoms with E-state index in [0.717, 1.165) is 10.6 Å². The molecule has 3 rings (SSSR count). The van der Waals surface area contributed by atoms with E-state index in [1.165, 1.54) is 17.7 Å². The zero-order chi connectivity index (χ0) is 14.7. The van der Waals surface area contributed by atoms with Gasteiger partial charge in [0.15, 0.2) is 17.8 Å². The maximum atomic E-state index is 12.3. The first-order chi connectivity index (χ1) is 10.3. The van der Waals surface area contributed by atoms with E-state index in [2.05, 4.69) is 10.3 Å². The van der Waals surface area contributed by atoms with Crippen LogP contribution in [0, 0.1) is 0 Å². The summed E-state index contributed by atoms with van der Waals surface area (Å²) in [6, 6.07) is 10.9. The molecule has 106 valence electrons. The van der Waals surface area contributed by atoms with E-state index in [9.17, 15) is 4.79 Å². The van der Waals surface area contributed by atoms with Gasteiger partial charge in [0.2, 0.25) is 0 Å². The zero-order valence-corrected chi connectivity index (χ0v) is 12.0. The third-order valence-electron chi connectivity index (χ3n) is 2.88. The van der Waals surface area contributed by atoms with Crippen LogP contribution in [0.2, 0.25) is 0 Å². The predicted octanol–water partition coefficient (Wildman–Crippen LogP) is 3.66. The average molecular weight is 300 g/mol. The molecule has 0 spiro atoms. The number of rotatable bonds is 4. The molecule has 21 heavy (non-hydrogen) atoms. The van der Waals surface area contributed by atoms with Crippen LogP contribution in [0.1, 0.15) is 10.5 Å². The van der Waals surface area contributed by atoms with Crippen molar-refractivity contribution >= 4 is 22.9 Å². The summed E-state index contributed by atoms with van der Waals surface area (Å²) in [5, 5.41) is 4.71. The number of aromatic nitrogens is 1. The van der Waals surface area contributed by atoms with Gasteiger partial charge in [0.05, 0.1) is 12.0 Å². The topological polar surface area (TPSA) is 64.4 Å². The van der Waals surface area contributed by atoms with E-state index < -0.39 is 0 Å². The van der Waals surface area contributed by atoms with Gasteiger partial charge in [-0.25, -0.2) is 4.98 Å². The summed E-state index contributed by atoms with van der Waals surface area (Å²) in [4.78, 5) is 17.2. The smallest absolute Gasteiger partial charge is 0.278 e. The van der Waals surface area contributed by atoms with Crippen molar-refractivity contribution in [1.29, 1.82) is 0 Å². The molecule has 1 N–H and O–H groups in total. The molecule has 0 radical (unpaired) electrons. The van der Waals surface area contributed by atoms with Crippen molar-refractivity contribution in [1.82, 2.24) is 4.98 Å². The number of hydrogen-bond donors (Lipinski definition) is 1. The Bertz CT molecular complexity index is 733. The molecule has 5 nitrogen and oxygen atoms in total. The molecular formula is C15H12N2O3S. The second-order valence-electron chi connectivity index (χ2n) is 4.19. The molecule has 0 fully saturated rings. The minimum Gasteiger partial charge on any atom is -0.497 e. The van der Waals surface area contributed by atoms with Gasteiger partial charge in [-0.3, -0.25) is 4.79 Å². The van der Waals surface area contributed by atoms with Crippen LogP contribution in [0.4, 0.5) is 5.69 Å². The number of carbonyl (C=O) groups is 1. The number of oxazole rings is 1. The monoisotopic (exact) mass is 300 g/mol. The van der Waals surface area contributed by atoms with Gasteiger partial charge in [-0.2, -0.15) is 0 Å². The van der Waals surface area contributed by atoms with Crippen LogP contribution in [-0.2, 0) is 0 Å². The van der Waals surface area contributed by atoms with Crippen LogP contribution in [0.5, 0.6) is 5.75 Å². The molecule has 1 aromatic carbocycles. The Labute approximate surface area is 125 Å². The standard InChI is InChI=1S/C15H12N2O3S/c1-19-11-6-4-10(5-7-11)17-15(18)13-14(20-9-16-13)12-3-2-8-21-12/h2-9H,1H3,(H,17,18). The molecule has 0 unspecified atom stereocenters. The van der Waals surface area contributed by atoms with Gasteiger partial charge < -0.3 is 14.5 Å². The van der Waals surface area contributed by atoms with E-state index in [0.29, 0.717) is 11.4 Å². The lowest BCUT2D eigenvalue weighted by Gasteiger charge is -2.05. The van der Waals surface area contributed by atoms with Crippen LogP contribution >= 0.6 is 11.3 Å². The van der Waals surface area contributed by atoms with Crippen LogP contribution in [0.15, 0.2) is 52.6 Å². The molecule has 2 heterocycles. The molecule has 0 saturated heterocycles. The predicted molar refractivity (Wildman–Crippen MR) is 80.8 cm³/mol. The third kappa shape index (κ3) is 2.80. The summed E-state index contributed by atoms with van der Waals surface area (Å²) in [5.74, 6) is 0.905. The molecule has 0 saturated carbocycles. The van der Waals surface area contributed by atoms with Gasteiger partial charge in [-0.1, -0.05) is 6.07 Å². The van der Waals surface area contributed by atoms with Crippen molar-refractivity contribution in [2.75, 3.05) is 12.4 Å². The second-order valence-corrected chi connectivity index (χ2v) is 5.14. The minimum atomic E-state index is -0.308. The van der Waals surface area contributed by atoms with Crippen molar-refractivity contribution in [3.8, 4) is 16.4 Å². The van der Waals surface area contributed by atoms with Crippen molar-refractivity contribution < 1.29 is 13.9 Å². The van der Waals surface area contributed by atoms with Gasteiger partial charge in [0.25, 0.3) is 5.91 Å². The van der Waals surface area contributed by atoms with Crippen LogP contribution in [0.25, 0.3) is 10.6 Å². The Balaban J connectivity index is 1.81. The number of ether oxygens (including phenoxy) is 1. The number of methoxy groups -OCH3 is 1. The number of carbonyl (C=O) groups excluding carboxylic acids is 1. The van der Waals surface area contributed by atoms with Gasteiger partial charge in [0.1, 0.15) is 5.75 Å². The third-order valence-corrected chi connectivity index (χ3v) is 3.74. The number of nitrogens with zero attached hydrogens (tertiary/aromatic N) is 1. The number of amides is 1. The lowest BCUT2D eigenvalue weighted by atomic mass is 10.2. The molecule has 0 aliphatic rings. The fourth-order valence-corrected chi connectivity index (χ4v) is 2.57. The highest BCUT2D eigenvalue weighted by atomic mass is 32.1. The zero-order valence-electron chi connectivity index (χ0n) is 11.2. The van der Waals surface area contributed by atoms with Crippen molar-refractivity contribution in [3.05, 3.63) is 53.9 Å². The summed E-state index contributed by atoms with van der Waals surface area (Å²) in [6.45, 7) is 0. The normalized spacial score (nSPS) is 10.3. The highest BCUT2D eigenvalue weighted by Gasteiger charge is 2.19. The Morgan fingerprint density at radius 1 is 1.29 bits per heavy atom. The number of anilines is 1. The fourth-order valence-electron chi connectivity index (χ4n) is 1.86. The Morgan fingerprint density at radius 2 is 2.10 bits per heavy atom. The summed E-state index contributed by atoms with van der Waals surface area (Å²) >= 11 is 1.49. The summed E-state index contributed by atoms with van der Waals surface area (Å²) < 4.78 is 10.4. The number of nitrogens with one attached hydrogen (secondary N) is 1. The average Bonchev–Trinajstić information content (AvgIpc) is 3.18. The SMILES string of the molecule is COc1ccc(NC(=O)c2ncoc2-c2cccs2)cc1. The second kappa shape index (κ2) is 5.80. The summed E-state index contributed by atoms with van der Waals surface area (Å²) in [7, 11) is 1.59. The molecule has 1 amide bonds. The highest BCUT2D eigenvalue weighted by molar-refractivity contribution is 7.13. The maximum absolute atomic E-state index is 12.3. The first-order valence-corrected chi connectivity index (χ1v) is 7.08. The summed E-state index contributed by atoms with van der Waals surface area (Å²) in [5.41, 5.74) is 0.939. The van der Waals surface area contributed by atoms with Crippen molar-refractivity contribution in [2.45, 2.75) is 0 Å². The molecule has 3 aromatic rings. The van der Waals surface area contributed by atoms with Crippen LogP contribution in [-0.4, -0.2) is 18.0 Å². The van der Waals surface area contributed by atoms with Crippen molar-refractivity contribution in [3.63, 3.8) is 0 Å². The Kier molecular flexibility index (Phi) is 3.70. The van der Waals surface area contributed by atoms with Gasteiger partial charge in [0, 0.05) is 5.69 Å². The van der Waals surface area contributed by atoms with Gasteiger partial charge in [-0.05, 0) is 35.7 Å². The van der Waals surface area contributed by atoms with Crippen LogP contribution < -0.4 is 10.1 Å². The van der Waals surface area contributed by atoms with Crippen LogP contribution in [0.3, 0.4) is 0 Å². The first-order valence-electron chi connectivity index (χ1n) is 6.20. The number of thiophene rings is 1. The quantitative estimate of drug-likeness (QED) is 0.798. The van der Waals surface area contributed by atoms with Crippen molar-refractivity contribution in [2.24, 2.45) is 0 Å². The number of hydrogen-bond acceptors (Lipinski definition) is 5. The van der Waals surface area contributed by atoms with Gasteiger partial charge >= 0.3 is 0 Å². The summed E-state index contributed by atoms with van der Waals surface area (Å²) in [6.07, 6.45) is 1.28. The van der Waals surface area contributed by atoms with E-state index >= 15 is 0 Å².